The van der Waals surface area contributed by atoms with Gasteiger partial charge in [0.2, 0.25) is 0 Å². The van der Waals surface area contributed by atoms with Crippen molar-refractivity contribution in [3.05, 3.63) is 0 Å². The summed E-state index contributed by atoms with van der Waals surface area (Å²) < 4.78 is 0. The maximum absolute atomic E-state index is 2.66. The van der Waals surface area contributed by atoms with Crippen LogP contribution in [0.15, 0.2) is 0 Å². The molecule has 0 radical (unpaired) electrons. The molecule has 4 rings (SSSR count). The summed E-state index contributed by atoms with van der Waals surface area (Å²) in [7, 11) is 0. The van der Waals surface area contributed by atoms with Crippen molar-refractivity contribution in [3.63, 3.8) is 0 Å². The van der Waals surface area contributed by atoms with Crippen molar-refractivity contribution in [1.29, 1.82) is 0 Å². The van der Waals surface area contributed by atoms with Gasteiger partial charge in [0.15, 0.2) is 0 Å². The third-order valence-electron chi connectivity index (χ3n) is 9.44. The van der Waals surface area contributed by atoms with Crippen molar-refractivity contribution >= 4 is 12.9 Å². The van der Waals surface area contributed by atoms with E-state index in [1.807, 2.05) is 0 Å². The molecule has 4 aliphatic rings. The van der Waals surface area contributed by atoms with Crippen molar-refractivity contribution in [1.82, 2.24) is 0 Å². The van der Waals surface area contributed by atoms with Crippen molar-refractivity contribution in [2.45, 2.75) is 97.7 Å². The van der Waals surface area contributed by atoms with Crippen LogP contribution < -0.4 is 0 Å². The number of rotatable bonds is 5. The van der Waals surface area contributed by atoms with Crippen molar-refractivity contribution < 1.29 is 0 Å². The fourth-order valence-electron chi connectivity index (χ4n) is 8.58. The van der Waals surface area contributed by atoms with E-state index in [2.05, 4.69) is 40.6 Å². The number of hydrogen-bond acceptors (Lipinski definition) is 0. The van der Waals surface area contributed by atoms with Crippen molar-refractivity contribution in [2.75, 3.05) is 0 Å². The molecular formula is C24H41B. The van der Waals surface area contributed by atoms with Crippen LogP contribution in [-0.2, 0) is 0 Å². The van der Waals surface area contributed by atoms with Gasteiger partial charge in [0.1, 0.15) is 0 Å². The fourth-order valence-corrected chi connectivity index (χ4v) is 8.58. The molecule has 0 saturated heterocycles. The molecule has 1 heteroatoms. The fraction of sp³-hybridized carbons (Fsp3) is 0.958. The van der Waals surface area contributed by atoms with Gasteiger partial charge in [-0.15, -0.1) is 0 Å². The monoisotopic (exact) mass is 340 g/mol. The molecule has 0 N–H and O–H groups in total. The Morgan fingerprint density at radius 1 is 1.08 bits per heavy atom. The van der Waals surface area contributed by atoms with Crippen LogP contribution in [0.25, 0.3) is 0 Å². The van der Waals surface area contributed by atoms with Gasteiger partial charge in [0.05, 0.1) is 0 Å². The maximum atomic E-state index is 2.66. The zero-order chi connectivity index (χ0) is 17.6. The summed E-state index contributed by atoms with van der Waals surface area (Å²) in [5.74, 6) is 10.6. The van der Waals surface area contributed by atoms with Gasteiger partial charge >= 0.3 is 157 Å². The Hall–Kier alpha value is -0.0651. The van der Waals surface area contributed by atoms with E-state index < -0.39 is 0 Å². The van der Waals surface area contributed by atoms with Crippen LogP contribution in [0, 0.1) is 46.8 Å². The summed E-state index contributed by atoms with van der Waals surface area (Å²) in [6.45, 7) is 12.7. The van der Waals surface area contributed by atoms with E-state index in [1.165, 1.54) is 57.8 Å². The van der Waals surface area contributed by atoms with Crippen LogP contribution in [0.5, 0.6) is 0 Å². The molecule has 3 aliphatic carbocycles. The molecule has 0 amide bonds. The Morgan fingerprint density at radius 3 is 2.60 bits per heavy atom. The van der Waals surface area contributed by atoms with Crippen molar-refractivity contribution in [2.24, 2.45) is 46.8 Å². The second kappa shape index (κ2) is 7.16. The third-order valence-corrected chi connectivity index (χ3v) is 9.44. The minimum absolute atomic E-state index is 0.766. The summed E-state index contributed by atoms with van der Waals surface area (Å²) in [6.07, 6.45) is 14.8. The van der Waals surface area contributed by atoms with Crippen LogP contribution >= 0.6 is 0 Å². The summed E-state index contributed by atoms with van der Waals surface area (Å²) in [6, 6.07) is 0. The van der Waals surface area contributed by atoms with E-state index in [9.17, 15) is 0 Å². The van der Waals surface area contributed by atoms with E-state index in [-0.39, 0.29) is 0 Å². The summed E-state index contributed by atoms with van der Waals surface area (Å²) in [4.78, 5) is 0. The van der Waals surface area contributed by atoms with Gasteiger partial charge in [0.25, 0.3) is 0 Å². The Bertz CT molecular complexity index is 496. The van der Waals surface area contributed by atoms with Gasteiger partial charge in [-0.2, -0.15) is 0 Å². The Balaban J connectivity index is 1.63. The topological polar surface area (TPSA) is 0 Å². The average Bonchev–Trinajstić information content (AvgIpc) is 3.08. The molecule has 3 fully saturated rings. The molecule has 8 unspecified atom stereocenters. The van der Waals surface area contributed by atoms with Crippen LogP contribution in [0.2, 0.25) is 5.82 Å². The van der Waals surface area contributed by atoms with E-state index in [0.717, 1.165) is 52.7 Å². The van der Waals surface area contributed by atoms with Gasteiger partial charge in [0, 0.05) is 0 Å². The van der Waals surface area contributed by atoms with Gasteiger partial charge in [-0.1, -0.05) is 0 Å². The SMILES string of the molecule is CCCC1CC(C)CCC(C)C23C(C[C@@H]2CC)C(CC2B=CCC2)C13. The van der Waals surface area contributed by atoms with Crippen LogP contribution in [0.3, 0.4) is 0 Å². The Labute approximate surface area is 157 Å². The molecule has 3 saturated carbocycles. The molecule has 9 atom stereocenters. The molecule has 25 heavy (non-hydrogen) atoms. The second-order valence-electron chi connectivity index (χ2n) is 10.5. The van der Waals surface area contributed by atoms with E-state index >= 15 is 0 Å². The van der Waals surface area contributed by atoms with Crippen LogP contribution in [0.4, 0.5) is 0 Å². The average molecular weight is 340 g/mol. The first kappa shape index (κ1) is 18.3. The Kier molecular flexibility index (Phi) is 5.24. The number of hydrogen-bond donors (Lipinski definition) is 0. The standard InChI is InChI=1S/C24H41B/c1-5-8-18-13-16(3)10-11-17(4)24-19(6-2)14-22(24)21(23(18)24)15-20-9-7-12-25-20/h12,16-23H,5-11,13-15H2,1-4H3/t16?,17?,18?,19-,20?,21?,22?,23?,24?/m0/s1. The van der Waals surface area contributed by atoms with Crippen LogP contribution in [-0.4, -0.2) is 12.9 Å². The quantitative estimate of drug-likeness (QED) is 0.494. The predicted molar refractivity (Wildman–Crippen MR) is 111 cm³/mol. The predicted octanol–water partition coefficient (Wildman–Crippen LogP) is 6.62. The first-order valence-corrected chi connectivity index (χ1v) is 11.8. The first-order valence-electron chi connectivity index (χ1n) is 11.8. The first-order chi connectivity index (χ1) is 12.1. The molecule has 0 nitrogen and oxygen atoms in total. The summed E-state index contributed by atoms with van der Waals surface area (Å²) >= 11 is 0. The summed E-state index contributed by atoms with van der Waals surface area (Å²) in [5, 5.41) is 0. The van der Waals surface area contributed by atoms with Gasteiger partial charge in [-0.3, -0.25) is 0 Å². The second-order valence-corrected chi connectivity index (χ2v) is 10.5. The molecule has 0 bridgehead atoms. The molecule has 0 aromatic carbocycles. The summed E-state index contributed by atoms with van der Waals surface area (Å²) in [5.41, 5.74) is 0.766. The minimum atomic E-state index is 0.766. The van der Waals surface area contributed by atoms with Crippen molar-refractivity contribution in [3.8, 4) is 0 Å². The molecule has 1 heterocycles. The normalized spacial score (nSPS) is 51.4. The molecular weight excluding hydrogens is 299 g/mol. The van der Waals surface area contributed by atoms with E-state index in [1.54, 1.807) is 6.42 Å². The van der Waals surface area contributed by atoms with Gasteiger partial charge < -0.3 is 0 Å². The van der Waals surface area contributed by atoms with Gasteiger partial charge in [-0.05, 0) is 0 Å². The van der Waals surface area contributed by atoms with E-state index in [4.69, 9.17) is 0 Å². The molecule has 1 aliphatic heterocycles. The zero-order valence-electron chi connectivity index (χ0n) is 17.3. The molecule has 1 spiro atoms. The zero-order valence-corrected chi connectivity index (χ0v) is 17.3. The molecule has 0 aromatic heterocycles. The molecule has 140 valence electrons. The molecule has 0 aromatic rings. The van der Waals surface area contributed by atoms with Gasteiger partial charge in [-0.25, -0.2) is 0 Å². The van der Waals surface area contributed by atoms with Crippen LogP contribution in [0.1, 0.15) is 91.9 Å². The third kappa shape index (κ3) is 2.73. The van der Waals surface area contributed by atoms with E-state index in [0.29, 0.717) is 0 Å². The Morgan fingerprint density at radius 2 is 1.92 bits per heavy atom.